The molecular formula is C16H19FN2O. The summed E-state index contributed by atoms with van der Waals surface area (Å²) in [6.45, 7) is 6.40. The van der Waals surface area contributed by atoms with Crippen LogP contribution in [0.5, 0.6) is 11.6 Å². The first kappa shape index (κ1) is 14.5. The first-order valence-electron chi connectivity index (χ1n) is 6.64. The minimum Gasteiger partial charge on any atom is -0.436 e. The number of hydrogen-bond acceptors (Lipinski definition) is 3. The molecule has 4 heteroatoms. The Balaban J connectivity index is 2.29. The third-order valence-electron chi connectivity index (χ3n) is 3.23. The van der Waals surface area contributed by atoms with Gasteiger partial charge in [0.1, 0.15) is 5.75 Å². The molecule has 1 heterocycles. The van der Waals surface area contributed by atoms with Gasteiger partial charge in [-0.25, -0.2) is 9.37 Å². The highest BCUT2D eigenvalue weighted by Crippen LogP contribution is 2.28. The molecule has 0 aliphatic carbocycles. The van der Waals surface area contributed by atoms with Crippen molar-refractivity contribution in [3.63, 3.8) is 0 Å². The molecule has 0 radical (unpaired) electrons. The zero-order valence-corrected chi connectivity index (χ0v) is 12.0. The number of ether oxygens (including phenoxy) is 1. The van der Waals surface area contributed by atoms with Crippen molar-refractivity contribution < 1.29 is 9.13 Å². The van der Waals surface area contributed by atoms with Crippen LogP contribution in [-0.2, 0) is 6.54 Å². The van der Waals surface area contributed by atoms with E-state index in [2.05, 4.69) is 18.8 Å². The molecule has 2 N–H and O–H groups in total. The van der Waals surface area contributed by atoms with Crippen LogP contribution in [0.15, 0.2) is 30.5 Å². The monoisotopic (exact) mass is 274 g/mol. The largest absolute Gasteiger partial charge is 0.436 e. The molecule has 0 saturated carbocycles. The van der Waals surface area contributed by atoms with Gasteiger partial charge in [0.25, 0.3) is 5.88 Å². The highest BCUT2D eigenvalue weighted by atomic mass is 19.1. The van der Waals surface area contributed by atoms with Crippen molar-refractivity contribution in [2.24, 2.45) is 5.73 Å². The van der Waals surface area contributed by atoms with Crippen molar-refractivity contribution in [2.75, 3.05) is 0 Å². The number of nitrogens with two attached hydrogens (primary N) is 1. The lowest BCUT2D eigenvalue weighted by molar-refractivity contribution is 0.418. The average molecular weight is 274 g/mol. The van der Waals surface area contributed by atoms with Gasteiger partial charge < -0.3 is 10.5 Å². The average Bonchev–Trinajstić information content (AvgIpc) is 2.41. The standard InChI is InChI=1S/C16H19FN2O/c1-10(2)14-5-4-13(8-11(14)3)20-16-15(17)12(9-18)6-7-19-16/h4-8,10H,9,18H2,1-3H3. The molecule has 3 nitrogen and oxygen atoms in total. The number of nitrogens with zero attached hydrogens (tertiary/aromatic N) is 1. The van der Waals surface area contributed by atoms with Gasteiger partial charge in [0.15, 0.2) is 5.82 Å². The molecule has 2 rings (SSSR count). The predicted molar refractivity (Wildman–Crippen MR) is 77.4 cm³/mol. The van der Waals surface area contributed by atoms with Crippen LogP contribution in [0.1, 0.15) is 36.5 Å². The molecule has 0 amide bonds. The van der Waals surface area contributed by atoms with E-state index < -0.39 is 5.82 Å². The maximum absolute atomic E-state index is 14.0. The lowest BCUT2D eigenvalue weighted by atomic mass is 9.98. The maximum Gasteiger partial charge on any atom is 0.256 e. The fourth-order valence-corrected chi connectivity index (χ4v) is 2.16. The van der Waals surface area contributed by atoms with Crippen LogP contribution in [0, 0.1) is 12.7 Å². The van der Waals surface area contributed by atoms with Gasteiger partial charge in [0, 0.05) is 18.3 Å². The summed E-state index contributed by atoms with van der Waals surface area (Å²) in [5.74, 6) is 0.484. The highest BCUT2D eigenvalue weighted by Gasteiger charge is 2.11. The summed E-state index contributed by atoms with van der Waals surface area (Å²) in [7, 11) is 0. The molecule has 0 aliphatic heterocycles. The summed E-state index contributed by atoms with van der Waals surface area (Å²) < 4.78 is 19.5. The van der Waals surface area contributed by atoms with Crippen LogP contribution in [0.25, 0.3) is 0 Å². The maximum atomic E-state index is 14.0. The summed E-state index contributed by atoms with van der Waals surface area (Å²) in [6.07, 6.45) is 1.50. The van der Waals surface area contributed by atoms with Crippen molar-refractivity contribution >= 4 is 0 Å². The Labute approximate surface area is 118 Å². The minimum atomic E-state index is -0.499. The van der Waals surface area contributed by atoms with E-state index in [1.165, 1.54) is 11.8 Å². The number of hydrogen-bond donors (Lipinski definition) is 1. The van der Waals surface area contributed by atoms with Crippen LogP contribution in [0.2, 0.25) is 0 Å². The van der Waals surface area contributed by atoms with E-state index in [1.54, 1.807) is 6.07 Å². The van der Waals surface area contributed by atoms with Crippen molar-refractivity contribution in [2.45, 2.75) is 33.2 Å². The lowest BCUT2D eigenvalue weighted by Crippen LogP contribution is -2.03. The Bertz CT molecular complexity index is 611. The number of pyridine rings is 1. The first-order valence-corrected chi connectivity index (χ1v) is 6.64. The first-order chi connectivity index (χ1) is 9.52. The zero-order chi connectivity index (χ0) is 14.7. The van der Waals surface area contributed by atoms with E-state index in [-0.39, 0.29) is 12.4 Å². The Morgan fingerprint density at radius 2 is 2.05 bits per heavy atom. The molecule has 0 unspecified atom stereocenters. The van der Waals surface area contributed by atoms with Gasteiger partial charge in [0.05, 0.1) is 0 Å². The number of halogens is 1. The molecule has 0 fully saturated rings. The highest BCUT2D eigenvalue weighted by molar-refractivity contribution is 5.38. The van der Waals surface area contributed by atoms with E-state index in [4.69, 9.17) is 10.5 Å². The van der Waals surface area contributed by atoms with Crippen molar-refractivity contribution in [3.05, 3.63) is 53.0 Å². The second-order valence-electron chi connectivity index (χ2n) is 5.07. The zero-order valence-electron chi connectivity index (χ0n) is 12.0. The molecule has 0 atom stereocenters. The molecule has 2 aromatic rings. The van der Waals surface area contributed by atoms with E-state index in [0.29, 0.717) is 17.2 Å². The quantitative estimate of drug-likeness (QED) is 0.919. The van der Waals surface area contributed by atoms with Gasteiger partial charge in [-0.15, -0.1) is 0 Å². The molecule has 1 aromatic heterocycles. The Morgan fingerprint density at radius 3 is 2.65 bits per heavy atom. The molecule has 0 saturated heterocycles. The molecule has 0 bridgehead atoms. The van der Waals surface area contributed by atoms with E-state index in [0.717, 1.165) is 5.56 Å². The van der Waals surface area contributed by atoms with Crippen LogP contribution in [0.4, 0.5) is 4.39 Å². The summed E-state index contributed by atoms with van der Waals surface area (Å²) >= 11 is 0. The summed E-state index contributed by atoms with van der Waals surface area (Å²) in [5.41, 5.74) is 8.23. The number of aryl methyl sites for hydroxylation is 1. The summed E-state index contributed by atoms with van der Waals surface area (Å²) in [6, 6.07) is 7.28. The topological polar surface area (TPSA) is 48.1 Å². The SMILES string of the molecule is Cc1cc(Oc2nccc(CN)c2F)ccc1C(C)C. The number of benzene rings is 1. The molecule has 106 valence electrons. The van der Waals surface area contributed by atoms with Crippen molar-refractivity contribution in [1.82, 2.24) is 4.98 Å². The van der Waals surface area contributed by atoms with Gasteiger partial charge in [-0.3, -0.25) is 0 Å². The second-order valence-corrected chi connectivity index (χ2v) is 5.07. The third-order valence-corrected chi connectivity index (χ3v) is 3.23. The summed E-state index contributed by atoms with van der Waals surface area (Å²) in [4.78, 5) is 3.92. The molecular weight excluding hydrogens is 255 g/mol. The number of aromatic nitrogens is 1. The van der Waals surface area contributed by atoms with Crippen molar-refractivity contribution in [1.29, 1.82) is 0 Å². The van der Waals surface area contributed by atoms with Gasteiger partial charge in [-0.1, -0.05) is 19.9 Å². The van der Waals surface area contributed by atoms with E-state index in [9.17, 15) is 4.39 Å². The smallest absolute Gasteiger partial charge is 0.256 e. The van der Waals surface area contributed by atoms with Crippen LogP contribution in [-0.4, -0.2) is 4.98 Å². The fourth-order valence-electron chi connectivity index (χ4n) is 2.16. The van der Waals surface area contributed by atoms with Crippen LogP contribution >= 0.6 is 0 Å². The van der Waals surface area contributed by atoms with E-state index in [1.807, 2.05) is 25.1 Å². The normalized spacial score (nSPS) is 10.9. The van der Waals surface area contributed by atoms with E-state index >= 15 is 0 Å². The van der Waals surface area contributed by atoms with Crippen molar-refractivity contribution in [3.8, 4) is 11.6 Å². The lowest BCUT2D eigenvalue weighted by Gasteiger charge is -2.12. The van der Waals surface area contributed by atoms with Gasteiger partial charge in [0.2, 0.25) is 0 Å². The van der Waals surface area contributed by atoms with Gasteiger partial charge in [-0.05, 0) is 42.2 Å². The predicted octanol–water partition coefficient (Wildman–Crippen LogP) is 3.90. The molecule has 1 aromatic carbocycles. The Morgan fingerprint density at radius 1 is 1.30 bits per heavy atom. The van der Waals surface area contributed by atoms with Gasteiger partial charge in [-0.2, -0.15) is 0 Å². The fraction of sp³-hybridized carbons (Fsp3) is 0.312. The Hall–Kier alpha value is -1.94. The van der Waals surface area contributed by atoms with Gasteiger partial charge >= 0.3 is 0 Å². The van der Waals surface area contributed by atoms with Crippen LogP contribution in [0.3, 0.4) is 0 Å². The second kappa shape index (κ2) is 6.01. The number of rotatable bonds is 4. The minimum absolute atomic E-state index is 0.0374. The molecule has 20 heavy (non-hydrogen) atoms. The Kier molecular flexibility index (Phi) is 4.35. The molecule has 0 aliphatic rings. The third kappa shape index (κ3) is 2.96. The summed E-state index contributed by atoms with van der Waals surface area (Å²) in [5, 5.41) is 0. The molecule has 0 spiro atoms. The van der Waals surface area contributed by atoms with Crippen LogP contribution < -0.4 is 10.5 Å².